The van der Waals surface area contributed by atoms with Crippen molar-refractivity contribution in [3.63, 3.8) is 0 Å². The largest absolute Gasteiger partial charge is 0.460 e. The minimum Gasteiger partial charge on any atom is -0.460 e. The first-order valence-corrected chi connectivity index (χ1v) is 9.14. The van der Waals surface area contributed by atoms with E-state index < -0.39 is 5.97 Å². The zero-order valence-electron chi connectivity index (χ0n) is 15.3. The van der Waals surface area contributed by atoms with Gasteiger partial charge in [0.1, 0.15) is 0 Å². The number of nitrogens with zero attached hydrogens (tertiary/aromatic N) is 3. The number of piperazine rings is 1. The molecule has 1 aromatic rings. The van der Waals surface area contributed by atoms with Crippen molar-refractivity contribution in [3.05, 3.63) is 11.5 Å². The summed E-state index contributed by atoms with van der Waals surface area (Å²) in [5.41, 5.74) is 0.398. The molecule has 25 heavy (non-hydrogen) atoms. The molecule has 0 atom stereocenters. The lowest BCUT2D eigenvalue weighted by molar-refractivity contribution is -0.137. The summed E-state index contributed by atoms with van der Waals surface area (Å²) in [5, 5.41) is 0. The van der Waals surface area contributed by atoms with Gasteiger partial charge in [-0.15, -0.1) is 0 Å². The van der Waals surface area contributed by atoms with E-state index in [4.69, 9.17) is 9.15 Å². The van der Waals surface area contributed by atoms with Crippen LogP contribution in [0, 0.1) is 6.92 Å². The highest BCUT2D eigenvalue weighted by atomic mass is 16.5. The summed E-state index contributed by atoms with van der Waals surface area (Å²) >= 11 is 0. The molecular formula is C18H27N3O4. The first-order valence-electron chi connectivity index (χ1n) is 9.14. The van der Waals surface area contributed by atoms with Crippen LogP contribution in [-0.2, 0) is 9.53 Å². The fourth-order valence-electron chi connectivity index (χ4n) is 4.17. The number of oxazole rings is 1. The van der Waals surface area contributed by atoms with Crippen LogP contribution in [0.5, 0.6) is 0 Å². The van der Waals surface area contributed by atoms with Crippen molar-refractivity contribution in [3.8, 4) is 0 Å². The number of hydrogen-bond acceptors (Lipinski definition) is 6. The second-order valence-corrected chi connectivity index (χ2v) is 7.01. The molecule has 0 bridgehead atoms. The van der Waals surface area contributed by atoms with Gasteiger partial charge in [0.2, 0.25) is 11.7 Å². The highest BCUT2D eigenvalue weighted by molar-refractivity contribution is 5.87. The topological polar surface area (TPSA) is 75.9 Å². The SMILES string of the molecule is CCOC(=O)c1oc(N2CCN(C(C)=O)C3(CCCCC3)C2)nc1C. The van der Waals surface area contributed by atoms with Gasteiger partial charge < -0.3 is 19.0 Å². The van der Waals surface area contributed by atoms with Crippen LogP contribution in [-0.4, -0.2) is 53.5 Å². The van der Waals surface area contributed by atoms with E-state index in [0.717, 1.165) is 25.7 Å². The molecule has 7 heteroatoms. The first kappa shape index (κ1) is 17.8. The Morgan fingerprint density at radius 3 is 2.60 bits per heavy atom. The molecular weight excluding hydrogens is 322 g/mol. The van der Waals surface area contributed by atoms with Gasteiger partial charge in [-0.1, -0.05) is 19.3 Å². The first-order chi connectivity index (χ1) is 12.0. The molecule has 1 saturated heterocycles. The number of anilines is 1. The second-order valence-electron chi connectivity index (χ2n) is 7.01. The third kappa shape index (κ3) is 3.37. The molecule has 138 valence electrons. The summed E-state index contributed by atoms with van der Waals surface area (Å²) in [4.78, 5) is 32.7. The van der Waals surface area contributed by atoms with Crippen LogP contribution in [0.4, 0.5) is 6.01 Å². The molecule has 0 radical (unpaired) electrons. The Bertz CT molecular complexity index is 649. The Morgan fingerprint density at radius 1 is 1.24 bits per heavy atom. The van der Waals surface area contributed by atoms with Crippen molar-refractivity contribution in [1.29, 1.82) is 0 Å². The van der Waals surface area contributed by atoms with E-state index in [1.165, 1.54) is 6.42 Å². The van der Waals surface area contributed by atoms with E-state index in [9.17, 15) is 9.59 Å². The summed E-state index contributed by atoms with van der Waals surface area (Å²) in [6.45, 7) is 7.48. The number of carbonyl (C=O) groups excluding carboxylic acids is 2. The van der Waals surface area contributed by atoms with Crippen molar-refractivity contribution in [1.82, 2.24) is 9.88 Å². The number of aromatic nitrogens is 1. The number of carbonyl (C=O) groups is 2. The standard InChI is InChI=1S/C18H27N3O4/c1-4-24-16(23)15-13(2)19-17(25-15)20-10-11-21(14(3)22)18(12-20)8-6-5-7-9-18/h4-12H2,1-3H3. The van der Waals surface area contributed by atoms with Crippen LogP contribution in [0.3, 0.4) is 0 Å². The number of ether oxygens (including phenoxy) is 1. The summed E-state index contributed by atoms with van der Waals surface area (Å²) in [7, 11) is 0. The quantitative estimate of drug-likeness (QED) is 0.781. The Hall–Kier alpha value is -2.05. The molecule has 7 nitrogen and oxygen atoms in total. The van der Waals surface area contributed by atoms with E-state index in [1.54, 1.807) is 20.8 Å². The maximum Gasteiger partial charge on any atom is 0.376 e. The fraction of sp³-hybridized carbons (Fsp3) is 0.722. The number of rotatable bonds is 3. The van der Waals surface area contributed by atoms with Gasteiger partial charge in [0.05, 0.1) is 17.8 Å². The summed E-state index contributed by atoms with van der Waals surface area (Å²) in [5.74, 6) is -0.172. The molecule has 0 aromatic carbocycles. The van der Waals surface area contributed by atoms with Crippen LogP contribution in [0.25, 0.3) is 0 Å². The maximum absolute atomic E-state index is 12.1. The lowest BCUT2D eigenvalue weighted by atomic mass is 9.78. The smallest absolute Gasteiger partial charge is 0.376 e. The second kappa shape index (κ2) is 7.06. The molecule has 0 unspecified atom stereocenters. The highest BCUT2D eigenvalue weighted by Crippen LogP contribution is 2.38. The molecule has 1 amide bonds. The Labute approximate surface area is 148 Å². The van der Waals surface area contributed by atoms with E-state index in [0.29, 0.717) is 37.9 Å². The van der Waals surface area contributed by atoms with Crippen molar-refractivity contribution in [2.45, 2.75) is 58.4 Å². The highest BCUT2D eigenvalue weighted by Gasteiger charge is 2.44. The normalized spacial score (nSPS) is 20.0. The average molecular weight is 349 g/mol. The van der Waals surface area contributed by atoms with Gasteiger partial charge >= 0.3 is 5.97 Å². The van der Waals surface area contributed by atoms with E-state index in [1.807, 2.05) is 4.90 Å². The lowest BCUT2D eigenvalue weighted by Gasteiger charge is -2.52. The minimum absolute atomic E-state index is 0.136. The number of amides is 1. The Kier molecular flexibility index (Phi) is 5.01. The summed E-state index contributed by atoms with van der Waals surface area (Å²) in [6.07, 6.45) is 5.51. The number of hydrogen-bond donors (Lipinski definition) is 0. The molecule has 1 saturated carbocycles. The molecule has 2 aliphatic rings. The molecule has 1 aliphatic carbocycles. The molecule has 1 aromatic heterocycles. The van der Waals surface area contributed by atoms with Crippen molar-refractivity contribution in [2.75, 3.05) is 31.1 Å². The molecule has 1 aliphatic heterocycles. The van der Waals surface area contributed by atoms with Gasteiger partial charge in [0.25, 0.3) is 6.01 Å². The molecule has 1 spiro atoms. The van der Waals surface area contributed by atoms with Gasteiger partial charge in [-0.05, 0) is 26.7 Å². The van der Waals surface area contributed by atoms with Crippen LogP contribution in [0.15, 0.2) is 4.42 Å². The van der Waals surface area contributed by atoms with Crippen LogP contribution < -0.4 is 4.90 Å². The minimum atomic E-state index is -0.478. The van der Waals surface area contributed by atoms with E-state index in [-0.39, 0.29) is 17.2 Å². The van der Waals surface area contributed by atoms with Crippen molar-refractivity contribution < 1.29 is 18.7 Å². The Balaban J connectivity index is 1.83. The third-order valence-electron chi connectivity index (χ3n) is 5.33. The zero-order chi connectivity index (χ0) is 18.0. The van der Waals surface area contributed by atoms with E-state index >= 15 is 0 Å². The van der Waals surface area contributed by atoms with Crippen molar-refractivity contribution in [2.24, 2.45) is 0 Å². The van der Waals surface area contributed by atoms with Gasteiger partial charge in [0.15, 0.2) is 0 Å². The predicted octanol–water partition coefficient (Wildman–Crippen LogP) is 2.53. The summed E-state index contributed by atoms with van der Waals surface area (Å²) < 4.78 is 10.8. The maximum atomic E-state index is 12.1. The van der Waals surface area contributed by atoms with Crippen LogP contribution in [0.1, 0.15) is 62.2 Å². The van der Waals surface area contributed by atoms with Gasteiger partial charge in [0, 0.05) is 26.6 Å². The van der Waals surface area contributed by atoms with Crippen molar-refractivity contribution >= 4 is 17.9 Å². The van der Waals surface area contributed by atoms with Gasteiger partial charge in [-0.25, -0.2) is 4.79 Å². The van der Waals surface area contributed by atoms with Crippen LogP contribution in [0.2, 0.25) is 0 Å². The zero-order valence-corrected chi connectivity index (χ0v) is 15.3. The predicted molar refractivity (Wildman–Crippen MR) is 92.6 cm³/mol. The number of aryl methyl sites for hydroxylation is 1. The third-order valence-corrected chi connectivity index (χ3v) is 5.33. The average Bonchev–Trinajstić information content (AvgIpc) is 2.97. The summed E-state index contributed by atoms with van der Waals surface area (Å²) in [6, 6.07) is 0.453. The molecule has 0 N–H and O–H groups in total. The lowest BCUT2D eigenvalue weighted by Crippen LogP contribution is -2.64. The molecule has 2 heterocycles. The van der Waals surface area contributed by atoms with Gasteiger partial charge in [-0.3, -0.25) is 4.79 Å². The van der Waals surface area contributed by atoms with E-state index in [2.05, 4.69) is 9.88 Å². The number of esters is 1. The monoisotopic (exact) mass is 349 g/mol. The van der Waals surface area contributed by atoms with Gasteiger partial charge in [-0.2, -0.15) is 4.98 Å². The Morgan fingerprint density at radius 2 is 1.96 bits per heavy atom. The fourth-order valence-corrected chi connectivity index (χ4v) is 4.17. The van der Waals surface area contributed by atoms with Crippen LogP contribution >= 0.6 is 0 Å². The molecule has 2 fully saturated rings. The molecule has 3 rings (SSSR count).